The highest BCUT2D eigenvalue weighted by molar-refractivity contribution is 5.64. The Balaban J connectivity index is 1.05. The van der Waals surface area contributed by atoms with Gasteiger partial charge in [-0.3, -0.25) is 0 Å². The van der Waals surface area contributed by atoms with Crippen molar-refractivity contribution in [2.45, 2.75) is 148 Å². The van der Waals surface area contributed by atoms with Crippen molar-refractivity contribution >= 4 is 0 Å². The summed E-state index contributed by atoms with van der Waals surface area (Å²) >= 11 is 0. The maximum atomic E-state index is 6.44. The van der Waals surface area contributed by atoms with Crippen LogP contribution in [-0.4, -0.2) is 31.7 Å². The van der Waals surface area contributed by atoms with E-state index in [1.165, 1.54) is 107 Å². The monoisotopic (exact) mass is 604 g/mol. The van der Waals surface area contributed by atoms with Crippen LogP contribution in [-0.2, 0) is 18.9 Å². The number of benzene rings is 2. The summed E-state index contributed by atoms with van der Waals surface area (Å²) < 4.78 is 25.2. The van der Waals surface area contributed by atoms with Gasteiger partial charge in [0.2, 0.25) is 0 Å². The van der Waals surface area contributed by atoms with Gasteiger partial charge in [0.15, 0.2) is 12.6 Å². The first-order chi connectivity index (χ1) is 21.6. The predicted molar refractivity (Wildman–Crippen MR) is 181 cm³/mol. The fourth-order valence-electron chi connectivity index (χ4n) is 7.64. The molecule has 2 saturated heterocycles. The minimum Gasteiger partial charge on any atom is -0.352 e. The summed E-state index contributed by atoms with van der Waals surface area (Å²) in [5, 5.41) is 0. The molecule has 1 unspecified atom stereocenters. The fraction of sp³-hybridized carbons (Fsp3) is 0.700. The van der Waals surface area contributed by atoms with E-state index in [1.54, 1.807) is 0 Å². The molecule has 1 saturated carbocycles. The van der Waals surface area contributed by atoms with Crippen LogP contribution in [0.1, 0.15) is 141 Å². The van der Waals surface area contributed by atoms with Crippen molar-refractivity contribution in [3.8, 4) is 11.1 Å². The van der Waals surface area contributed by atoms with E-state index >= 15 is 0 Å². The highest BCUT2D eigenvalue weighted by atomic mass is 16.7. The summed E-state index contributed by atoms with van der Waals surface area (Å²) in [5.41, 5.74) is 5.09. The molecule has 4 nitrogen and oxygen atoms in total. The highest BCUT2D eigenvalue weighted by Gasteiger charge is 2.36. The normalized spacial score (nSPS) is 31.2. The zero-order chi connectivity index (χ0) is 30.7. The van der Waals surface area contributed by atoms with Gasteiger partial charge in [-0.25, -0.2) is 0 Å². The van der Waals surface area contributed by atoms with Gasteiger partial charge in [0.1, 0.15) is 0 Å². The SMILES string of the molecule is CCCCCC[C@@H]1CO[C@@H](c2ccc(-c3ccc(C4CCC([C@@H]5OC[C@@H](CCCCCC)[C@H](C)O5)CC4)cc3)cc2)OC1C. The van der Waals surface area contributed by atoms with Crippen LogP contribution < -0.4 is 0 Å². The largest absolute Gasteiger partial charge is 0.352 e. The third-order valence-electron chi connectivity index (χ3n) is 10.9. The van der Waals surface area contributed by atoms with Gasteiger partial charge in [0, 0.05) is 23.3 Å². The molecule has 5 rings (SSSR count). The lowest BCUT2D eigenvalue weighted by Gasteiger charge is -2.40. The van der Waals surface area contributed by atoms with E-state index in [0.717, 1.165) is 18.8 Å². The summed E-state index contributed by atoms with van der Waals surface area (Å²) in [6, 6.07) is 18.1. The molecular formula is C40H60O4. The first kappa shape index (κ1) is 33.6. The average Bonchev–Trinajstić information content (AvgIpc) is 3.06. The van der Waals surface area contributed by atoms with Crippen LogP contribution in [0, 0.1) is 17.8 Å². The molecule has 0 amide bonds. The molecule has 0 aromatic heterocycles. The Morgan fingerprint density at radius 1 is 0.568 bits per heavy atom. The van der Waals surface area contributed by atoms with Gasteiger partial charge >= 0.3 is 0 Å². The molecule has 3 aliphatic rings. The van der Waals surface area contributed by atoms with E-state index in [4.69, 9.17) is 18.9 Å². The van der Waals surface area contributed by atoms with Crippen LogP contribution in [0.3, 0.4) is 0 Å². The number of hydrogen-bond donors (Lipinski definition) is 0. The lowest BCUT2D eigenvalue weighted by Crippen LogP contribution is -2.42. The topological polar surface area (TPSA) is 36.9 Å². The van der Waals surface area contributed by atoms with Crippen molar-refractivity contribution in [3.63, 3.8) is 0 Å². The van der Waals surface area contributed by atoms with Crippen molar-refractivity contribution in [3.05, 3.63) is 59.7 Å². The Morgan fingerprint density at radius 3 is 1.61 bits per heavy atom. The Kier molecular flexibility index (Phi) is 13.2. The maximum absolute atomic E-state index is 6.44. The van der Waals surface area contributed by atoms with Crippen LogP contribution in [0.4, 0.5) is 0 Å². The molecule has 3 fully saturated rings. The smallest absolute Gasteiger partial charge is 0.184 e. The highest BCUT2D eigenvalue weighted by Crippen LogP contribution is 2.40. The van der Waals surface area contributed by atoms with Crippen LogP contribution in [0.2, 0.25) is 0 Å². The molecule has 0 spiro atoms. The van der Waals surface area contributed by atoms with Crippen LogP contribution in [0.15, 0.2) is 48.5 Å². The van der Waals surface area contributed by atoms with E-state index < -0.39 is 0 Å². The number of hydrogen-bond acceptors (Lipinski definition) is 4. The van der Waals surface area contributed by atoms with E-state index in [0.29, 0.717) is 29.8 Å². The molecule has 2 heterocycles. The summed E-state index contributed by atoms with van der Waals surface area (Å²) in [4.78, 5) is 0. The van der Waals surface area contributed by atoms with E-state index in [9.17, 15) is 0 Å². The zero-order valence-corrected chi connectivity index (χ0v) is 28.2. The van der Waals surface area contributed by atoms with Gasteiger partial charge in [0.25, 0.3) is 0 Å². The van der Waals surface area contributed by atoms with E-state index in [1.807, 2.05) is 0 Å². The van der Waals surface area contributed by atoms with Crippen molar-refractivity contribution in [1.82, 2.24) is 0 Å². The third-order valence-corrected chi connectivity index (χ3v) is 10.9. The lowest BCUT2D eigenvalue weighted by molar-refractivity contribution is -0.257. The molecule has 0 radical (unpaired) electrons. The van der Waals surface area contributed by atoms with Crippen molar-refractivity contribution in [1.29, 1.82) is 0 Å². The second-order valence-corrected chi connectivity index (χ2v) is 14.1. The number of unbranched alkanes of at least 4 members (excludes halogenated alkanes) is 6. The van der Waals surface area contributed by atoms with Gasteiger partial charge in [-0.15, -0.1) is 0 Å². The van der Waals surface area contributed by atoms with Crippen LogP contribution in [0.5, 0.6) is 0 Å². The lowest BCUT2D eigenvalue weighted by atomic mass is 9.78. The fourth-order valence-corrected chi connectivity index (χ4v) is 7.64. The molecule has 44 heavy (non-hydrogen) atoms. The molecular weight excluding hydrogens is 544 g/mol. The zero-order valence-electron chi connectivity index (χ0n) is 28.2. The molecule has 2 aromatic carbocycles. The summed E-state index contributed by atoms with van der Waals surface area (Å²) in [7, 11) is 0. The number of rotatable bonds is 14. The second kappa shape index (κ2) is 17.3. The van der Waals surface area contributed by atoms with E-state index in [-0.39, 0.29) is 18.7 Å². The molecule has 244 valence electrons. The maximum Gasteiger partial charge on any atom is 0.184 e. The minimum absolute atomic E-state index is 0.00668. The molecule has 2 aliphatic heterocycles. The molecule has 4 heteroatoms. The van der Waals surface area contributed by atoms with Gasteiger partial charge in [-0.2, -0.15) is 0 Å². The Bertz CT molecular complexity index is 1070. The van der Waals surface area contributed by atoms with Crippen molar-refractivity contribution in [2.75, 3.05) is 13.2 Å². The molecule has 0 bridgehead atoms. The predicted octanol–water partition coefficient (Wildman–Crippen LogP) is 11.0. The standard InChI is InChI=1S/C40H60O4/c1-5-7-9-11-13-37-27-41-39(43-29(37)3)35-23-19-33(20-24-35)31-15-17-32(18-16-31)34-21-25-36(26-22-34)40-42-28-38(30(4)44-40)14-12-10-8-6-2/h15-20,23-24,29-30,34,36-40H,5-14,21-22,25-28H2,1-4H3/t29?,30-,34?,36?,37+,38+,39+,40+/m0/s1. The van der Waals surface area contributed by atoms with Crippen molar-refractivity contribution in [2.24, 2.45) is 17.8 Å². The van der Waals surface area contributed by atoms with Gasteiger partial charge in [-0.05, 0) is 75.0 Å². The average molecular weight is 605 g/mol. The Labute approximate surface area is 268 Å². The van der Waals surface area contributed by atoms with Crippen LogP contribution in [0.25, 0.3) is 11.1 Å². The first-order valence-corrected chi connectivity index (χ1v) is 18.3. The van der Waals surface area contributed by atoms with Gasteiger partial charge in [0.05, 0.1) is 25.4 Å². The summed E-state index contributed by atoms with van der Waals surface area (Å²) in [5.74, 6) is 2.23. The molecule has 0 N–H and O–H groups in total. The summed E-state index contributed by atoms with van der Waals surface area (Å²) in [6.45, 7) is 10.7. The third kappa shape index (κ3) is 9.18. The Hall–Kier alpha value is -1.72. The van der Waals surface area contributed by atoms with Gasteiger partial charge < -0.3 is 18.9 Å². The second-order valence-electron chi connectivity index (χ2n) is 14.1. The van der Waals surface area contributed by atoms with Crippen LogP contribution >= 0.6 is 0 Å². The first-order valence-electron chi connectivity index (χ1n) is 18.3. The molecule has 1 aliphatic carbocycles. The Morgan fingerprint density at radius 2 is 1.09 bits per heavy atom. The summed E-state index contributed by atoms with van der Waals surface area (Å²) in [6.07, 6.45) is 18.0. The minimum atomic E-state index is -0.256. The van der Waals surface area contributed by atoms with Gasteiger partial charge in [-0.1, -0.05) is 114 Å². The molecule has 2 aromatic rings. The quantitative estimate of drug-likeness (QED) is 0.201. The van der Waals surface area contributed by atoms with Crippen molar-refractivity contribution < 1.29 is 18.9 Å². The molecule has 6 atom stereocenters. The number of ether oxygens (including phenoxy) is 4. The van der Waals surface area contributed by atoms with E-state index in [2.05, 4.69) is 76.2 Å².